The summed E-state index contributed by atoms with van der Waals surface area (Å²) in [5.41, 5.74) is 1.29. The Balaban J connectivity index is 2.15. The second-order valence-corrected chi connectivity index (χ2v) is 5.04. The van der Waals surface area contributed by atoms with E-state index in [-0.39, 0.29) is 11.9 Å². The summed E-state index contributed by atoms with van der Waals surface area (Å²) in [6.07, 6.45) is 0. The van der Waals surface area contributed by atoms with Gasteiger partial charge in [-0.25, -0.2) is 0 Å². The van der Waals surface area contributed by atoms with Gasteiger partial charge in [-0.1, -0.05) is 0 Å². The van der Waals surface area contributed by atoms with Crippen molar-refractivity contribution < 1.29 is 9.53 Å². The molecule has 4 heteroatoms. The van der Waals surface area contributed by atoms with Gasteiger partial charge in [0.15, 0.2) is 0 Å². The summed E-state index contributed by atoms with van der Waals surface area (Å²) in [6, 6.07) is 2.11. The zero-order valence-electron chi connectivity index (χ0n) is 9.66. The molecule has 1 aromatic rings. The Kier molecular flexibility index (Phi) is 3.61. The van der Waals surface area contributed by atoms with Gasteiger partial charge in [-0.15, -0.1) is 11.3 Å². The Bertz CT molecular complexity index is 375. The molecule has 16 heavy (non-hydrogen) atoms. The molecule has 2 rings (SSSR count). The molecule has 2 atom stereocenters. The fourth-order valence-electron chi connectivity index (χ4n) is 2.22. The van der Waals surface area contributed by atoms with Crippen molar-refractivity contribution in [3.05, 3.63) is 21.9 Å². The Hall–Kier alpha value is -0.870. The molecule has 1 aromatic heterocycles. The van der Waals surface area contributed by atoms with Crippen molar-refractivity contribution in [2.24, 2.45) is 5.92 Å². The summed E-state index contributed by atoms with van der Waals surface area (Å²) in [5, 5.41) is 5.37. The van der Waals surface area contributed by atoms with E-state index in [0.29, 0.717) is 12.5 Å². The van der Waals surface area contributed by atoms with Gasteiger partial charge in [-0.2, -0.15) is 0 Å². The molecule has 0 saturated carbocycles. The number of carbonyl (C=O) groups excluding carboxylic acids is 1. The van der Waals surface area contributed by atoms with Gasteiger partial charge in [0.2, 0.25) is 0 Å². The standard InChI is InChI=1S/C12H17NO2S/c1-3-15-12(14)10-7-13-6-9(10)11-8(2)4-5-16-11/h4-5,9-10,13H,3,6-7H2,1-2H3. The highest BCUT2D eigenvalue weighted by molar-refractivity contribution is 7.10. The van der Waals surface area contributed by atoms with Crippen LogP contribution in [0.25, 0.3) is 0 Å². The third kappa shape index (κ3) is 2.13. The first-order chi connectivity index (χ1) is 7.74. The lowest BCUT2D eigenvalue weighted by Gasteiger charge is -2.16. The number of hydrogen-bond acceptors (Lipinski definition) is 4. The van der Waals surface area contributed by atoms with E-state index in [4.69, 9.17) is 4.74 Å². The van der Waals surface area contributed by atoms with Crippen LogP contribution in [0.15, 0.2) is 11.4 Å². The number of thiophene rings is 1. The topological polar surface area (TPSA) is 38.3 Å². The molecule has 0 amide bonds. The van der Waals surface area contributed by atoms with Gasteiger partial charge in [0, 0.05) is 23.9 Å². The first-order valence-corrected chi connectivity index (χ1v) is 6.53. The normalized spacial score (nSPS) is 24.6. The molecule has 88 valence electrons. The van der Waals surface area contributed by atoms with Crippen molar-refractivity contribution in [2.75, 3.05) is 19.7 Å². The van der Waals surface area contributed by atoms with Crippen molar-refractivity contribution in [3.63, 3.8) is 0 Å². The lowest BCUT2D eigenvalue weighted by molar-refractivity contribution is -0.147. The number of esters is 1. The predicted molar refractivity (Wildman–Crippen MR) is 64.8 cm³/mol. The van der Waals surface area contributed by atoms with Crippen LogP contribution in [0, 0.1) is 12.8 Å². The molecule has 0 bridgehead atoms. The van der Waals surface area contributed by atoms with E-state index in [1.54, 1.807) is 11.3 Å². The molecule has 0 radical (unpaired) electrons. The Labute approximate surface area is 99.8 Å². The molecule has 1 saturated heterocycles. The van der Waals surface area contributed by atoms with E-state index in [1.165, 1.54) is 10.4 Å². The molecular formula is C12H17NO2S. The fraction of sp³-hybridized carbons (Fsp3) is 0.583. The van der Waals surface area contributed by atoms with E-state index in [1.807, 2.05) is 6.92 Å². The van der Waals surface area contributed by atoms with E-state index >= 15 is 0 Å². The SMILES string of the molecule is CCOC(=O)C1CNCC1c1sccc1C. The average Bonchev–Trinajstić information content (AvgIpc) is 2.85. The summed E-state index contributed by atoms with van der Waals surface area (Å²) in [5.74, 6) is 0.210. The van der Waals surface area contributed by atoms with Gasteiger partial charge >= 0.3 is 5.97 Å². The number of hydrogen-bond donors (Lipinski definition) is 1. The van der Waals surface area contributed by atoms with Crippen LogP contribution in [0.3, 0.4) is 0 Å². The van der Waals surface area contributed by atoms with Gasteiger partial charge in [0.1, 0.15) is 0 Å². The van der Waals surface area contributed by atoms with Gasteiger partial charge < -0.3 is 10.1 Å². The zero-order chi connectivity index (χ0) is 11.5. The van der Waals surface area contributed by atoms with Gasteiger partial charge in [-0.05, 0) is 30.9 Å². The van der Waals surface area contributed by atoms with Gasteiger partial charge in [0.05, 0.1) is 12.5 Å². The van der Waals surface area contributed by atoms with Crippen molar-refractivity contribution in [1.82, 2.24) is 5.32 Å². The predicted octanol–water partition coefficient (Wildman–Crippen LogP) is 1.92. The quantitative estimate of drug-likeness (QED) is 0.819. The van der Waals surface area contributed by atoms with Crippen molar-refractivity contribution >= 4 is 17.3 Å². The minimum Gasteiger partial charge on any atom is -0.466 e. The van der Waals surface area contributed by atoms with Crippen LogP contribution in [0.5, 0.6) is 0 Å². The Morgan fingerprint density at radius 3 is 3.06 bits per heavy atom. The van der Waals surface area contributed by atoms with Crippen molar-refractivity contribution in [3.8, 4) is 0 Å². The first kappa shape index (κ1) is 11.6. The van der Waals surface area contributed by atoms with E-state index < -0.39 is 0 Å². The van der Waals surface area contributed by atoms with Crippen molar-refractivity contribution in [2.45, 2.75) is 19.8 Å². The lowest BCUT2D eigenvalue weighted by Crippen LogP contribution is -2.23. The first-order valence-electron chi connectivity index (χ1n) is 5.65. The molecular weight excluding hydrogens is 222 g/mol. The van der Waals surface area contributed by atoms with Crippen LogP contribution < -0.4 is 5.32 Å². The highest BCUT2D eigenvalue weighted by atomic mass is 32.1. The molecule has 1 fully saturated rings. The second kappa shape index (κ2) is 4.97. The van der Waals surface area contributed by atoms with Crippen molar-refractivity contribution in [1.29, 1.82) is 0 Å². The molecule has 0 aliphatic carbocycles. The average molecular weight is 239 g/mol. The van der Waals surface area contributed by atoms with Gasteiger partial charge in [-0.3, -0.25) is 4.79 Å². The maximum Gasteiger partial charge on any atom is 0.310 e. The van der Waals surface area contributed by atoms with Crippen LogP contribution in [-0.2, 0) is 9.53 Å². The van der Waals surface area contributed by atoms with Crippen LogP contribution in [-0.4, -0.2) is 25.7 Å². The van der Waals surface area contributed by atoms with E-state index in [0.717, 1.165) is 13.1 Å². The van der Waals surface area contributed by atoms with E-state index in [2.05, 4.69) is 23.7 Å². The fourth-order valence-corrected chi connectivity index (χ4v) is 3.31. The summed E-state index contributed by atoms with van der Waals surface area (Å²) in [4.78, 5) is 13.1. The molecule has 1 N–H and O–H groups in total. The van der Waals surface area contributed by atoms with Crippen LogP contribution >= 0.6 is 11.3 Å². The van der Waals surface area contributed by atoms with E-state index in [9.17, 15) is 4.79 Å². The highest BCUT2D eigenvalue weighted by Crippen LogP contribution is 2.34. The third-order valence-electron chi connectivity index (χ3n) is 3.04. The monoisotopic (exact) mass is 239 g/mol. The van der Waals surface area contributed by atoms with Crippen LogP contribution in [0.2, 0.25) is 0 Å². The Morgan fingerprint density at radius 1 is 1.62 bits per heavy atom. The molecule has 2 unspecified atom stereocenters. The largest absolute Gasteiger partial charge is 0.466 e. The smallest absolute Gasteiger partial charge is 0.310 e. The molecule has 0 spiro atoms. The minimum atomic E-state index is -0.0645. The number of ether oxygens (including phenoxy) is 1. The maximum absolute atomic E-state index is 11.8. The molecule has 3 nitrogen and oxygen atoms in total. The highest BCUT2D eigenvalue weighted by Gasteiger charge is 2.36. The third-order valence-corrected chi connectivity index (χ3v) is 4.19. The second-order valence-electron chi connectivity index (χ2n) is 4.09. The maximum atomic E-state index is 11.8. The molecule has 2 heterocycles. The molecule has 1 aliphatic rings. The lowest BCUT2D eigenvalue weighted by atomic mass is 9.93. The molecule has 0 aromatic carbocycles. The van der Waals surface area contributed by atoms with Gasteiger partial charge in [0.25, 0.3) is 0 Å². The minimum absolute atomic E-state index is 0.0164. The summed E-state index contributed by atoms with van der Waals surface area (Å²) >= 11 is 1.74. The summed E-state index contributed by atoms with van der Waals surface area (Å²) < 4.78 is 5.12. The number of nitrogens with one attached hydrogen (secondary N) is 1. The molecule has 1 aliphatic heterocycles. The Morgan fingerprint density at radius 2 is 2.44 bits per heavy atom. The van der Waals surface area contributed by atoms with Crippen LogP contribution in [0.4, 0.5) is 0 Å². The zero-order valence-corrected chi connectivity index (χ0v) is 10.5. The summed E-state index contributed by atoms with van der Waals surface area (Å²) in [6.45, 7) is 6.04. The number of carbonyl (C=O) groups is 1. The summed E-state index contributed by atoms with van der Waals surface area (Å²) in [7, 11) is 0. The van der Waals surface area contributed by atoms with Crippen LogP contribution in [0.1, 0.15) is 23.3 Å². The number of aryl methyl sites for hydroxylation is 1. The number of rotatable bonds is 3.